The molecule has 0 amide bonds. The average Bonchev–Trinajstić information content (AvgIpc) is 2.18. The summed E-state index contributed by atoms with van der Waals surface area (Å²) in [5.74, 6) is 0. The number of benzene rings is 1. The first kappa shape index (κ1) is 14.5. The Morgan fingerprint density at radius 1 is 1.33 bits per heavy atom. The van der Waals surface area contributed by atoms with Crippen LogP contribution in [0.15, 0.2) is 29.2 Å². The Balaban J connectivity index is 0.00000196. The molecular formula is C7H8N2NaO4S. The fraction of sp³-hybridized carbons (Fsp3) is 0.143. The molecule has 0 aliphatic rings. The molecule has 8 heteroatoms. The molecule has 77 valence electrons. The van der Waals surface area contributed by atoms with Crippen LogP contribution in [-0.2, 0) is 10.0 Å². The summed E-state index contributed by atoms with van der Waals surface area (Å²) < 4.78 is 24.6. The molecule has 0 aliphatic carbocycles. The standard InChI is InChI=1S/C7H8N2O4S.Na/c1-8-14(12,13)7-5-3-2-4-6(7)9(10)11;/h2-5,8H,1H3;. The third kappa shape index (κ3) is 3.25. The molecule has 1 aromatic carbocycles. The van der Waals surface area contributed by atoms with Gasteiger partial charge in [-0.3, -0.25) is 10.1 Å². The minimum Gasteiger partial charge on any atom is -0.258 e. The molecule has 1 radical (unpaired) electrons. The third-order valence-electron chi connectivity index (χ3n) is 1.62. The Bertz CT molecular complexity index is 460. The Morgan fingerprint density at radius 2 is 1.87 bits per heavy atom. The predicted molar refractivity (Wildman–Crippen MR) is 55.1 cm³/mol. The second-order valence-corrected chi connectivity index (χ2v) is 4.29. The van der Waals surface area contributed by atoms with Gasteiger partial charge < -0.3 is 0 Å². The summed E-state index contributed by atoms with van der Waals surface area (Å²) in [5, 5.41) is 10.5. The van der Waals surface area contributed by atoms with E-state index in [-0.39, 0.29) is 34.5 Å². The predicted octanol–water partition coefficient (Wildman–Crippen LogP) is 0.122. The van der Waals surface area contributed by atoms with Crippen LogP contribution in [-0.4, -0.2) is 49.9 Å². The number of para-hydroxylation sites is 1. The maximum atomic E-state index is 11.3. The van der Waals surface area contributed by atoms with Crippen LogP contribution in [0, 0.1) is 10.1 Å². The average molecular weight is 239 g/mol. The number of nitrogens with zero attached hydrogens (tertiary/aromatic N) is 1. The minimum atomic E-state index is -3.77. The zero-order valence-electron chi connectivity index (χ0n) is 8.30. The van der Waals surface area contributed by atoms with Crippen LogP contribution in [0.5, 0.6) is 0 Å². The summed E-state index contributed by atoms with van der Waals surface area (Å²) in [6.07, 6.45) is 0. The molecule has 0 heterocycles. The number of nitro benzene ring substituents is 1. The number of nitrogens with one attached hydrogen (secondary N) is 1. The van der Waals surface area contributed by atoms with Gasteiger partial charge in [-0.15, -0.1) is 0 Å². The van der Waals surface area contributed by atoms with Gasteiger partial charge in [-0.05, 0) is 13.1 Å². The summed E-state index contributed by atoms with van der Waals surface area (Å²) in [6.45, 7) is 0. The van der Waals surface area contributed by atoms with Gasteiger partial charge in [0.05, 0.1) is 4.92 Å². The van der Waals surface area contributed by atoms with E-state index < -0.39 is 20.6 Å². The molecule has 0 bridgehead atoms. The van der Waals surface area contributed by atoms with Crippen molar-refractivity contribution < 1.29 is 13.3 Å². The van der Waals surface area contributed by atoms with E-state index in [9.17, 15) is 18.5 Å². The van der Waals surface area contributed by atoms with Crippen molar-refractivity contribution >= 4 is 45.3 Å². The van der Waals surface area contributed by atoms with Gasteiger partial charge >= 0.3 is 0 Å². The van der Waals surface area contributed by atoms with Gasteiger partial charge in [0.1, 0.15) is 0 Å². The molecule has 1 aromatic rings. The SMILES string of the molecule is CNS(=O)(=O)c1ccccc1[N+](=O)[O-].[Na]. The number of rotatable bonds is 3. The summed E-state index contributed by atoms with van der Waals surface area (Å²) in [6, 6.07) is 5.16. The smallest absolute Gasteiger partial charge is 0.258 e. The Labute approximate surface area is 109 Å². The maximum Gasteiger partial charge on any atom is 0.289 e. The van der Waals surface area contributed by atoms with Crippen LogP contribution in [0.1, 0.15) is 0 Å². The van der Waals surface area contributed by atoms with E-state index in [0.29, 0.717) is 0 Å². The van der Waals surface area contributed by atoms with Gasteiger partial charge in [-0.25, -0.2) is 13.1 Å². The molecule has 0 atom stereocenters. The summed E-state index contributed by atoms with van der Waals surface area (Å²) in [4.78, 5) is 9.44. The maximum absolute atomic E-state index is 11.3. The summed E-state index contributed by atoms with van der Waals surface area (Å²) in [5.41, 5.74) is -0.429. The van der Waals surface area contributed by atoms with E-state index in [1.807, 2.05) is 4.72 Å². The largest absolute Gasteiger partial charge is 0.289 e. The van der Waals surface area contributed by atoms with Crippen molar-refractivity contribution in [1.29, 1.82) is 0 Å². The van der Waals surface area contributed by atoms with Crippen molar-refractivity contribution in [3.8, 4) is 0 Å². The van der Waals surface area contributed by atoms with Gasteiger partial charge in [-0.2, -0.15) is 0 Å². The van der Waals surface area contributed by atoms with Gasteiger partial charge in [-0.1, -0.05) is 12.1 Å². The molecule has 0 saturated heterocycles. The van der Waals surface area contributed by atoms with Crippen molar-refractivity contribution in [2.24, 2.45) is 0 Å². The van der Waals surface area contributed by atoms with Crippen molar-refractivity contribution in [2.45, 2.75) is 4.90 Å². The van der Waals surface area contributed by atoms with E-state index in [4.69, 9.17) is 0 Å². The van der Waals surface area contributed by atoms with Crippen LogP contribution in [0.2, 0.25) is 0 Å². The van der Waals surface area contributed by atoms with Crippen LogP contribution >= 0.6 is 0 Å². The zero-order valence-corrected chi connectivity index (χ0v) is 11.1. The van der Waals surface area contributed by atoms with Gasteiger partial charge in [0.15, 0.2) is 4.90 Å². The molecule has 0 spiro atoms. The van der Waals surface area contributed by atoms with E-state index >= 15 is 0 Å². The molecule has 1 N–H and O–H groups in total. The molecule has 0 saturated carbocycles. The molecule has 0 unspecified atom stereocenters. The van der Waals surface area contributed by atoms with Crippen LogP contribution < -0.4 is 4.72 Å². The quantitative estimate of drug-likeness (QED) is 0.461. The second-order valence-electron chi connectivity index (χ2n) is 2.43. The first-order chi connectivity index (χ1) is 6.49. The van der Waals surface area contributed by atoms with E-state index in [2.05, 4.69) is 0 Å². The molecule has 0 aliphatic heterocycles. The van der Waals surface area contributed by atoms with Crippen molar-refractivity contribution in [2.75, 3.05) is 7.05 Å². The number of hydrogen-bond acceptors (Lipinski definition) is 4. The molecule has 1 rings (SSSR count). The first-order valence-electron chi connectivity index (χ1n) is 3.66. The Morgan fingerprint density at radius 3 is 2.33 bits per heavy atom. The zero-order chi connectivity index (χ0) is 10.8. The van der Waals surface area contributed by atoms with Gasteiger partial charge in [0.2, 0.25) is 10.0 Å². The minimum absolute atomic E-state index is 0. The Kier molecular flexibility index (Phi) is 5.39. The van der Waals surface area contributed by atoms with Crippen LogP contribution in [0.3, 0.4) is 0 Å². The van der Waals surface area contributed by atoms with Crippen molar-refractivity contribution in [3.63, 3.8) is 0 Å². The van der Waals surface area contributed by atoms with Crippen molar-refractivity contribution in [1.82, 2.24) is 4.72 Å². The van der Waals surface area contributed by atoms with Gasteiger partial charge in [0.25, 0.3) is 5.69 Å². The fourth-order valence-corrected chi connectivity index (χ4v) is 1.84. The van der Waals surface area contributed by atoms with E-state index in [0.717, 1.165) is 6.07 Å². The molecule has 6 nitrogen and oxygen atoms in total. The molecular weight excluding hydrogens is 231 g/mol. The van der Waals surface area contributed by atoms with Crippen LogP contribution in [0.4, 0.5) is 5.69 Å². The third-order valence-corrected chi connectivity index (χ3v) is 3.08. The summed E-state index contributed by atoms with van der Waals surface area (Å²) >= 11 is 0. The topological polar surface area (TPSA) is 89.3 Å². The molecule has 0 aromatic heterocycles. The number of hydrogen-bond donors (Lipinski definition) is 1. The van der Waals surface area contributed by atoms with Crippen LogP contribution in [0.25, 0.3) is 0 Å². The van der Waals surface area contributed by atoms with E-state index in [1.165, 1.54) is 25.2 Å². The molecule has 15 heavy (non-hydrogen) atoms. The van der Waals surface area contributed by atoms with Crippen molar-refractivity contribution in [3.05, 3.63) is 34.4 Å². The Hall–Kier alpha value is -0.470. The number of sulfonamides is 1. The summed E-state index contributed by atoms with van der Waals surface area (Å²) in [7, 11) is -2.57. The van der Waals surface area contributed by atoms with E-state index in [1.54, 1.807) is 0 Å². The number of nitro groups is 1. The normalized spacial score (nSPS) is 10.5. The first-order valence-corrected chi connectivity index (χ1v) is 5.14. The fourth-order valence-electron chi connectivity index (χ4n) is 0.945. The molecule has 0 fully saturated rings. The van der Waals surface area contributed by atoms with Gasteiger partial charge in [0, 0.05) is 35.6 Å². The monoisotopic (exact) mass is 239 g/mol. The second kappa shape index (κ2) is 5.57.